The fourth-order valence-electron chi connectivity index (χ4n) is 2.48. The molecular formula is C16H33IN4O2S. The summed E-state index contributed by atoms with van der Waals surface area (Å²) in [6, 6.07) is 0.365. The van der Waals surface area contributed by atoms with Gasteiger partial charge in [0.1, 0.15) is 0 Å². The highest BCUT2D eigenvalue weighted by atomic mass is 127. The van der Waals surface area contributed by atoms with Gasteiger partial charge in [0.05, 0.1) is 6.61 Å². The summed E-state index contributed by atoms with van der Waals surface area (Å²) in [5.41, 5.74) is 0. The number of amides is 1. The Balaban J connectivity index is 0.00000529. The van der Waals surface area contributed by atoms with Gasteiger partial charge in [-0.15, -0.1) is 24.0 Å². The van der Waals surface area contributed by atoms with Crippen molar-refractivity contribution in [1.29, 1.82) is 0 Å². The highest BCUT2D eigenvalue weighted by molar-refractivity contribution is 14.0. The molecule has 142 valence electrons. The Bertz CT molecular complexity index is 364. The fourth-order valence-corrected chi connectivity index (χ4v) is 2.98. The van der Waals surface area contributed by atoms with Crippen molar-refractivity contribution in [1.82, 2.24) is 15.5 Å². The molecule has 0 aromatic carbocycles. The van der Waals surface area contributed by atoms with Crippen molar-refractivity contribution in [3.63, 3.8) is 0 Å². The Morgan fingerprint density at radius 3 is 2.58 bits per heavy atom. The Morgan fingerprint density at radius 2 is 2.00 bits per heavy atom. The monoisotopic (exact) mass is 472 g/mol. The number of rotatable bonds is 8. The van der Waals surface area contributed by atoms with Crippen LogP contribution < -0.4 is 10.6 Å². The van der Waals surface area contributed by atoms with Gasteiger partial charge in [-0.05, 0) is 51.5 Å². The minimum atomic E-state index is -0.194. The molecule has 1 amide bonds. The summed E-state index contributed by atoms with van der Waals surface area (Å²) < 4.78 is 5.05. The topological polar surface area (TPSA) is 66.0 Å². The Labute approximate surface area is 168 Å². The van der Waals surface area contributed by atoms with Gasteiger partial charge < -0.3 is 20.3 Å². The average molecular weight is 472 g/mol. The second-order valence-electron chi connectivity index (χ2n) is 5.57. The summed E-state index contributed by atoms with van der Waals surface area (Å²) >= 11 is 1.88. The number of hydrogen-bond donors (Lipinski definition) is 2. The zero-order valence-corrected chi connectivity index (χ0v) is 18.3. The van der Waals surface area contributed by atoms with Gasteiger partial charge in [0, 0.05) is 32.2 Å². The van der Waals surface area contributed by atoms with E-state index in [9.17, 15) is 4.79 Å². The third-order valence-corrected chi connectivity index (χ3v) is 4.43. The number of unbranched alkanes of at least 4 members (excludes halogenated alkanes) is 1. The highest BCUT2D eigenvalue weighted by Gasteiger charge is 2.23. The summed E-state index contributed by atoms with van der Waals surface area (Å²) in [5.74, 6) is 2.09. The SMILES string of the molecule is CCNC(=NCCCCSC)NC1CCN(C(=O)OCC)CC1.I. The van der Waals surface area contributed by atoms with Gasteiger partial charge in [-0.1, -0.05) is 0 Å². The number of aliphatic imine (C=N–C) groups is 1. The standard InChI is InChI=1S/C16H32N4O2S.HI/c1-4-17-15(18-10-6-7-13-23-3)19-14-8-11-20(12-9-14)16(21)22-5-2;/h14H,4-13H2,1-3H3,(H2,17,18,19);1H. The molecule has 1 heterocycles. The van der Waals surface area contributed by atoms with Gasteiger partial charge in [-0.25, -0.2) is 4.79 Å². The van der Waals surface area contributed by atoms with Crippen molar-refractivity contribution in [3.8, 4) is 0 Å². The maximum Gasteiger partial charge on any atom is 0.409 e. The van der Waals surface area contributed by atoms with Crippen LogP contribution in [-0.2, 0) is 4.74 Å². The smallest absolute Gasteiger partial charge is 0.409 e. The fraction of sp³-hybridized carbons (Fsp3) is 0.875. The Hall–Kier alpha value is -0.380. The second kappa shape index (κ2) is 14.9. The molecule has 0 spiro atoms. The molecule has 1 aliphatic heterocycles. The summed E-state index contributed by atoms with van der Waals surface area (Å²) in [6.45, 7) is 7.55. The van der Waals surface area contributed by atoms with E-state index in [0.29, 0.717) is 12.6 Å². The predicted molar refractivity (Wildman–Crippen MR) is 114 cm³/mol. The Morgan fingerprint density at radius 1 is 1.29 bits per heavy atom. The average Bonchev–Trinajstić information content (AvgIpc) is 2.55. The van der Waals surface area contributed by atoms with Gasteiger partial charge in [0.2, 0.25) is 0 Å². The van der Waals surface area contributed by atoms with Crippen molar-refractivity contribution >= 4 is 47.8 Å². The molecule has 0 atom stereocenters. The van der Waals surface area contributed by atoms with E-state index < -0.39 is 0 Å². The van der Waals surface area contributed by atoms with E-state index in [1.165, 1.54) is 12.2 Å². The summed E-state index contributed by atoms with van der Waals surface area (Å²) in [6.07, 6.45) is 6.13. The second-order valence-corrected chi connectivity index (χ2v) is 6.55. The molecule has 1 fully saturated rings. The van der Waals surface area contributed by atoms with Crippen LogP contribution in [0.3, 0.4) is 0 Å². The molecule has 0 bridgehead atoms. The Kier molecular flexibility index (Phi) is 14.7. The van der Waals surface area contributed by atoms with E-state index in [4.69, 9.17) is 4.74 Å². The van der Waals surface area contributed by atoms with E-state index in [1.54, 1.807) is 4.90 Å². The van der Waals surface area contributed by atoms with Gasteiger partial charge in [-0.2, -0.15) is 11.8 Å². The van der Waals surface area contributed by atoms with Crippen LogP contribution in [0.25, 0.3) is 0 Å². The molecule has 0 radical (unpaired) electrons. The summed E-state index contributed by atoms with van der Waals surface area (Å²) in [4.78, 5) is 18.1. The molecule has 0 aliphatic carbocycles. The lowest BCUT2D eigenvalue weighted by Gasteiger charge is -2.32. The quantitative estimate of drug-likeness (QED) is 0.246. The lowest BCUT2D eigenvalue weighted by molar-refractivity contribution is 0.0963. The van der Waals surface area contributed by atoms with E-state index in [2.05, 4.69) is 28.8 Å². The van der Waals surface area contributed by atoms with Crippen LogP contribution in [0.2, 0.25) is 0 Å². The first-order valence-electron chi connectivity index (χ1n) is 8.66. The number of thioether (sulfide) groups is 1. The van der Waals surface area contributed by atoms with Gasteiger partial charge in [0.15, 0.2) is 5.96 Å². The van der Waals surface area contributed by atoms with Gasteiger partial charge >= 0.3 is 6.09 Å². The molecule has 2 N–H and O–H groups in total. The minimum Gasteiger partial charge on any atom is -0.450 e. The first kappa shape index (κ1) is 23.6. The normalized spacial score (nSPS) is 15.6. The molecule has 0 aromatic heterocycles. The van der Waals surface area contributed by atoms with Crippen molar-refractivity contribution in [2.45, 2.75) is 45.6 Å². The van der Waals surface area contributed by atoms with Crippen LogP contribution in [0.5, 0.6) is 0 Å². The maximum absolute atomic E-state index is 11.7. The van der Waals surface area contributed by atoms with Crippen LogP contribution in [0, 0.1) is 0 Å². The van der Waals surface area contributed by atoms with Crippen LogP contribution in [0.4, 0.5) is 4.79 Å². The zero-order valence-electron chi connectivity index (χ0n) is 15.2. The maximum atomic E-state index is 11.7. The van der Waals surface area contributed by atoms with E-state index in [0.717, 1.165) is 51.4 Å². The third-order valence-electron chi connectivity index (χ3n) is 3.73. The summed E-state index contributed by atoms with van der Waals surface area (Å²) in [5, 5.41) is 6.80. The number of ether oxygens (including phenoxy) is 1. The number of hydrogen-bond acceptors (Lipinski definition) is 4. The molecular weight excluding hydrogens is 439 g/mol. The molecule has 6 nitrogen and oxygen atoms in total. The molecule has 1 saturated heterocycles. The molecule has 0 saturated carbocycles. The number of piperidine rings is 1. The lowest BCUT2D eigenvalue weighted by atomic mass is 10.1. The molecule has 0 aromatic rings. The van der Waals surface area contributed by atoms with E-state index in [1.807, 2.05) is 18.7 Å². The lowest BCUT2D eigenvalue weighted by Crippen LogP contribution is -2.49. The first-order chi connectivity index (χ1) is 11.2. The molecule has 1 rings (SSSR count). The van der Waals surface area contributed by atoms with E-state index in [-0.39, 0.29) is 30.1 Å². The number of likely N-dealkylation sites (tertiary alicyclic amines) is 1. The number of guanidine groups is 1. The predicted octanol–water partition coefficient (Wildman–Crippen LogP) is 2.92. The number of halogens is 1. The minimum absolute atomic E-state index is 0. The number of nitrogens with one attached hydrogen (secondary N) is 2. The van der Waals surface area contributed by atoms with Crippen molar-refractivity contribution in [3.05, 3.63) is 0 Å². The first-order valence-corrected chi connectivity index (χ1v) is 10.1. The number of carbonyl (C=O) groups excluding carboxylic acids is 1. The highest BCUT2D eigenvalue weighted by Crippen LogP contribution is 2.11. The number of carbonyl (C=O) groups is 1. The third kappa shape index (κ3) is 9.80. The van der Waals surface area contributed by atoms with Crippen LogP contribution in [-0.4, -0.2) is 67.8 Å². The van der Waals surface area contributed by atoms with Gasteiger partial charge in [-0.3, -0.25) is 4.99 Å². The zero-order chi connectivity index (χ0) is 16.9. The van der Waals surface area contributed by atoms with E-state index >= 15 is 0 Å². The van der Waals surface area contributed by atoms with Crippen LogP contribution >= 0.6 is 35.7 Å². The van der Waals surface area contributed by atoms with Gasteiger partial charge in [0.25, 0.3) is 0 Å². The molecule has 1 aliphatic rings. The molecule has 0 unspecified atom stereocenters. The molecule has 8 heteroatoms. The van der Waals surface area contributed by atoms with Crippen molar-refractivity contribution < 1.29 is 9.53 Å². The largest absolute Gasteiger partial charge is 0.450 e. The van der Waals surface area contributed by atoms with Crippen LogP contribution in [0.15, 0.2) is 4.99 Å². The van der Waals surface area contributed by atoms with Crippen LogP contribution in [0.1, 0.15) is 39.5 Å². The van der Waals surface area contributed by atoms with Crippen molar-refractivity contribution in [2.75, 3.05) is 44.8 Å². The number of nitrogens with zero attached hydrogens (tertiary/aromatic N) is 2. The summed E-state index contributed by atoms with van der Waals surface area (Å²) in [7, 11) is 0. The van der Waals surface area contributed by atoms with Crippen molar-refractivity contribution in [2.24, 2.45) is 4.99 Å². The molecule has 24 heavy (non-hydrogen) atoms.